The molecule has 3 atom stereocenters. The average Bonchev–Trinajstić information content (AvgIpc) is 2.37. The summed E-state index contributed by atoms with van der Waals surface area (Å²) in [7, 11) is 0. The monoisotopic (exact) mass is 311 g/mol. The van der Waals surface area contributed by atoms with Gasteiger partial charge in [-0.05, 0) is 36.7 Å². The van der Waals surface area contributed by atoms with Crippen molar-refractivity contribution in [1.29, 1.82) is 0 Å². The van der Waals surface area contributed by atoms with Crippen LogP contribution >= 0.6 is 11.6 Å². The number of aromatic carboxylic acids is 1. The molecule has 0 aromatic carbocycles. The van der Waals surface area contributed by atoms with E-state index in [4.69, 9.17) is 21.4 Å². The first-order chi connectivity index (χ1) is 9.86. The summed E-state index contributed by atoms with van der Waals surface area (Å²) in [6.07, 6.45) is 3.39. The predicted octanol–water partition coefficient (Wildman–Crippen LogP) is 4.27. The Morgan fingerprint density at radius 1 is 1.43 bits per heavy atom. The Kier molecular flexibility index (Phi) is 5.09. The lowest BCUT2D eigenvalue weighted by atomic mass is 9.75. The lowest BCUT2D eigenvalue weighted by Crippen LogP contribution is -2.36. The standard InChI is InChI=1S/C16H22ClNO3/c1-9(2)12-5-4-10(3)6-13(12)21-15-8-11(16(19)20)7-14(17)18-15/h7-10,12-13H,4-6H2,1-3H3,(H,19,20). The maximum atomic E-state index is 11.1. The van der Waals surface area contributed by atoms with Crippen molar-refractivity contribution in [3.63, 3.8) is 0 Å². The van der Waals surface area contributed by atoms with E-state index >= 15 is 0 Å². The van der Waals surface area contributed by atoms with Gasteiger partial charge in [-0.2, -0.15) is 0 Å². The molecule has 1 N–H and O–H groups in total. The maximum Gasteiger partial charge on any atom is 0.335 e. The first-order valence-corrected chi connectivity index (χ1v) is 7.82. The number of hydrogen-bond acceptors (Lipinski definition) is 3. The Balaban J connectivity index is 2.20. The van der Waals surface area contributed by atoms with E-state index in [0.717, 1.165) is 12.8 Å². The van der Waals surface area contributed by atoms with Crippen LogP contribution in [0.4, 0.5) is 0 Å². The van der Waals surface area contributed by atoms with Crippen molar-refractivity contribution in [2.45, 2.75) is 46.1 Å². The van der Waals surface area contributed by atoms with Crippen LogP contribution in [-0.2, 0) is 0 Å². The van der Waals surface area contributed by atoms with Crippen LogP contribution in [0.3, 0.4) is 0 Å². The molecule has 1 aliphatic carbocycles. The highest BCUT2D eigenvalue weighted by atomic mass is 35.5. The first-order valence-electron chi connectivity index (χ1n) is 7.44. The summed E-state index contributed by atoms with van der Waals surface area (Å²) in [5, 5.41) is 9.23. The molecule has 0 amide bonds. The molecule has 5 heteroatoms. The zero-order chi connectivity index (χ0) is 15.6. The molecule has 0 aliphatic heterocycles. The number of nitrogens with zero attached hydrogens (tertiary/aromatic N) is 1. The summed E-state index contributed by atoms with van der Waals surface area (Å²) in [5.74, 6) is 0.894. The zero-order valence-electron chi connectivity index (χ0n) is 12.7. The highest BCUT2D eigenvalue weighted by Gasteiger charge is 2.32. The number of carbonyl (C=O) groups is 1. The molecule has 1 heterocycles. The van der Waals surface area contributed by atoms with Gasteiger partial charge in [-0.3, -0.25) is 0 Å². The quantitative estimate of drug-likeness (QED) is 0.843. The molecule has 1 aliphatic rings. The third kappa shape index (κ3) is 4.10. The number of rotatable bonds is 4. The second-order valence-corrected chi connectivity index (χ2v) is 6.69. The van der Waals surface area contributed by atoms with Crippen LogP contribution in [0.1, 0.15) is 50.4 Å². The largest absolute Gasteiger partial charge is 0.478 e. The molecule has 0 spiro atoms. The number of ether oxygens (including phenoxy) is 1. The molecule has 2 rings (SSSR count). The lowest BCUT2D eigenvalue weighted by Gasteiger charge is -2.37. The summed E-state index contributed by atoms with van der Waals surface area (Å²) >= 11 is 5.88. The summed E-state index contributed by atoms with van der Waals surface area (Å²) in [6, 6.07) is 2.78. The van der Waals surface area contributed by atoms with Crippen LogP contribution < -0.4 is 4.74 Å². The van der Waals surface area contributed by atoms with Crippen molar-refractivity contribution in [1.82, 2.24) is 4.98 Å². The van der Waals surface area contributed by atoms with Gasteiger partial charge < -0.3 is 9.84 Å². The summed E-state index contributed by atoms with van der Waals surface area (Å²) in [5.41, 5.74) is 0.106. The first kappa shape index (κ1) is 16.1. The summed E-state index contributed by atoms with van der Waals surface area (Å²) < 4.78 is 6.01. The van der Waals surface area contributed by atoms with Crippen LogP contribution in [0.5, 0.6) is 5.88 Å². The molecular formula is C16H22ClNO3. The number of carboxylic acid groups (broad SMARTS) is 1. The van der Waals surface area contributed by atoms with Crippen molar-refractivity contribution in [3.05, 3.63) is 22.8 Å². The molecule has 116 valence electrons. The molecule has 0 bridgehead atoms. The van der Waals surface area contributed by atoms with Crippen molar-refractivity contribution in [3.8, 4) is 5.88 Å². The van der Waals surface area contributed by atoms with E-state index in [-0.39, 0.29) is 16.8 Å². The fourth-order valence-corrected chi connectivity index (χ4v) is 3.26. The Morgan fingerprint density at radius 3 is 2.76 bits per heavy atom. The van der Waals surface area contributed by atoms with Crippen molar-refractivity contribution in [2.75, 3.05) is 0 Å². The summed E-state index contributed by atoms with van der Waals surface area (Å²) in [4.78, 5) is 15.2. The van der Waals surface area contributed by atoms with E-state index in [1.54, 1.807) is 0 Å². The van der Waals surface area contributed by atoms with E-state index in [0.29, 0.717) is 23.6 Å². The highest BCUT2D eigenvalue weighted by Crippen LogP contribution is 2.36. The van der Waals surface area contributed by atoms with Gasteiger partial charge in [0.15, 0.2) is 0 Å². The Hall–Kier alpha value is -1.29. The number of carboxylic acids is 1. The van der Waals surface area contributed by atoms with Crippen molar-refractivity contribution < 1.29 is 14.6 Å². The van der Waals surface area contributed by atoms with Crippen LogP contribution in [0, 0.1) is 17.8 Å². The van der Waals surface area contributed by atoms with Crippen LogP contribution in [0.15, 0.2) is 12.1 Å². The van der Waals surface area contributed by atoms with Gasteiger partial charge in [-0.15, -0.1) is 0 Å². The topological polar surface area (TPSA) is 59.4 Å². The minimum Gasteiger partial charge on any atom is -0.478 e. The van der Waals surface area contributed by atoms with E-state index in [1.807, 2.05) is 0 Å². The minimum atomic E-state index is -1.03. The highest BCUT2D eigenvalue weighted by molar-refractivity contribution is 6.29. The van der Waals surface area contributed by atoms with Gasteiger partial charge in [0.1, 0.15) is 11.3 Å². The number of aromatic nitrogens is 1. The smallest absolute Gasteiger partial charge is 0.335 e. The van der Waals surface area contributed by atoms with Crippen LogP contribution in [-0.4, -0.2) is 22.2 Å². The fraction of sp³-hybridized carbons (Fsp3) is 0.625. The molecule has 1 saturated carbocycles. The zero-order valence-corrected chi connectivity index (χ0v) is 13.4. The van der Waals surface area contributed by atoms with E-state index in [2.05, 4.69) is 25.8 Å². The van der Waals surface area contributed by atoms with Gasteiger partial charge in [0.05, 0.1) is 5.56 Å². The second-order valence-electron chi connectivity index (χ2n) is 6.30. The molecule has 4 nitrogen and oxygen atoms in total. The number of hydrogen-bond donors (Lipinski definition) is 1. The second kappa shape index (κ2) is 6.65. The van der Waals surface area contributed by atoms with Crippen LogP contribution in [0.2, 0.25) is 5.15 Å². The van der Waals surface area contributed by atoms with E-state index in [9.17, 15) is 4.79 Å². The van der Waals surface area contributed by atoms with Gasteiger partial charge in [-0.1, -0.05) is 38.8 Å². The average molecular weight is 312 g/mol. The Labute approximate surface area is 130 Å². The number of pyridine rings is 1. The predicted molar refractivity (Wildman–Crippen MR) is 82.0 cm³/mol. The van der Waals surface area contributed by atoms with Gasteiger partial charge in [0.25, 0.3) is 0 Å². The van der Waals surface area contributed by atoms with Gasteiger partial charge in [0, 0.05) is 6.07 Å². The third-order valence-electron chi connectivity index (χ3n) is 4.25. The molecule has 1 aromatic heterocycles. The third-order valence-corrected chi connectivity index (χ3v) is 4.44. The molecule has 1 fully saturated rings. The van der Waals surface area contributed by atoms with E-state index < -0.39 is 5.97 Å². The molecule has 1 aromatic rings. The number of halogens is 1. The SMILES string of the molecule is CC1CCC(C(C)C)C(Oc2cc(C(=O)O)cc(Cl)n2)C1. The molecule has 0 radical (unpaired) electrons. The van der Waals surface area contributed by atoms with Gasteiger partial charge in [-0.25, -0.2) is 9.78 Å². The molecular weight excluding hydrogens is 290 g/mol. The Morgan fingerprint density at radius 2 is 2.14 bits per heavy atom. The van der Waals surface area contributed by atoms with Crippen molar-refractivity contribution >= 4 is 17.6 Å². The lowest BCUT2D eigenvalue weighted by molar-refractivity contribution is 0.0423. The summed E-state index contributed by atoms with van der Waals surface area (Å²) in [6.45, 7) is 6.62. The molecule has 21 heavy (non-hydrogen) atoms. The maximum absolute atomic E-state index is 11.1. The molecule has 3 unspecified atom stereocenters. The van der Waals surface area contributed by atoms with Crippen molar-refractivity contribution in [2.24, 2.45) is 17.8 Å². The van der Waals surface area contributed by atoms with E-state index in [1.165, 1.54) is 18.6 Å². The van der Waals surface area contributed by atoms with Crippen LogP contribution in [0.25, 0.3) is 0 Å². The molecule has 0 saturated heterocycles. The fourth-order valence-electron chi connectivity index (χ4n) is 3.06. The normalized spacial score (nSPS) is 25.9. The van der Waals surface area contributed by atoms with Gasteiger partial charge >= 0.3 is 5.97 Å². The van der Waals surface area contributed by atoms with Gasteiger partial charge in [0.2, 0.25) is 5.88 Å². The minimum absolute atomic E-state index is 0.0707. The Bertz CT molecular complexity index is 518.